The van der Waals surface area contributed by atoms with Crippen LogP contribution in [0, 0.1) is 5.92 Å². The fourth-order valence-corrected chi connectivity index (χ4v) is 3.23. The number of nitrogens with two attached hydrogens (primary N) is 1. The van der Waals surface area contributed by atoms with Crippen molar-refractivity contribution in [3.63, 3.8) is 0 Å². The summed E-state index contributed by atoms with van der Waals surface area (Å²) in [6, 6.07) is 13.5. The van der Waals surface area contributed by atoms with Gasteiger partial charge in [0.15, 0.2) is 0 Å². The Balaban J connectivity index is 1.90. The third-order valence-corrected chi connectivity index (χ3v) is 4.71. The Morgan fingerprint density at radius 2 is 1.95 bits per heavy atom. The van der Waals surface area contributed by atoms with Gasteiger partial charge in [-0.3, -0.25) is 11.3 Å². The zero-order valence-corrected chi connectivity index (χ0v) is 12.9. The maximum atomic E-state index is 6.32. The molecule has 2 aromatic carbocycles. The number of fused-ring (bicyclic) bond motifs is 1. The number of hydrazine groups is 1. The van der Waals surface area contributed by atoms with Crippen molar-refractivity contribution in [1.82, 2.24) is 5.43 Å². The number of halogens is 2. The summed E-state index contributed by atoms with van der Waals surface area (Å²) in [7, 11) is 0. The van der Waals surface area contributed by atoms with Crippen LogP contribution in [0.5, 0.6) is 5.75 Å². The molecule has 0 spiro atoms. The predicted molar refractivity (Wildman–Crippen MR) is 85.7 cm³/mol. The van der Waals surface area contributed by atoms with Crippen LogP contribution >= 0.6 is 23.2 Å². The third kappa shape index (κ3) is 2.87. The second-order valence-electron chi connectivity index (χ2n) is 5.17. The van der Waals surface area contributed by atoms with Gasteiger partial charge >= 0.3 is 0 Å². The van der Waals surface area contributed by atoms with Crippen LogP contribution in [0.25, 0.3) is 0 Å². The number of nitrogens with one attached hydrogen (secondary N) is 1. The van der Waals surface area contributed by atoms with Crippen molar-refractivity contribution < 1.29 is 4.74 Å². The second kappa shape index (κ2) is 6.24. The molecule has 0 bridgehead atoms. The number of benzene rings is 2. The minimum absolute atomic E-state index is 0.107. The highest BCUT2D eigenvalue weighted by atomic mass is 35.5. The molecule has 0 saturated carbocycles. The molecule has 21 heavy (non-hydrogen) atoms. The van der Waals surface area contributed by atoms with Gasteiger partial charge in [-0.2, -0.15) is 0 Å². The Labute approximate surface area is 134 Å². The molecule has 0 amide bonds. The highest BCUT2D eigenvalue weighted by Crippen LogP contribution is 2.37. The Kier molecular flexibility index (Phi) is 4.36. The molecular weight excluding hydrogens is 307 g/mol. The molecule has 3 N–H and O–H groups in total. The Morgan fingerprint density at radius 3 is 2.76 bits per heavy atom. The van der Waals surface area contributed by atoms with Crippen LogP contribution in [0.4, 0.5) is 0 Å². The monoisotopic (exact) mass is 322 g/mol. The molecule has 110 valence electrons. The van der Waals surface area contributed by atoms with Crippen LogP contribution in [0.15, 0.2) is 42.5 Å². The number of para-hydroxylation sites is 1. The van der Waals surface area contributed by atoms with E-state index in [0.717, 1.165) is 17.7 Å². The Morgan fingerprint density at radius 1 is 1.14 bits per heavy atom. The fraction of sp³-hybridized carbons (Fsp3) is 0.250. The normalized spacial score (nSPS) is 18.7. The maximum absolute atomic E-state index is 6.32. The lowest BCUT2D eigenvalue weighted by atomic mass is 9.87. The van der Waals surface area contributed by atoms with Crippen LogP contribution < -0.4 is 16.0 Å². The summed E-state index contributed by atoms with van der Waals surface area (Å²) < 4.78 is 5.84. The van der Waals surface area contributed by atoms with Gasteiger partial charge in [0, 0.05) is 5.92 Å². The zero-order chi connectivity index (χ0) is 14.8. The molecule has 1 heterocycles. The number of ether oxygens (including phenoxy) is 1. The first-order chi connectivity index (χ1) is 10.2. The summed E-state index contributed by atoms with van der Waals surface area (Å²) in [5.41, 5.74) is 4.95. The van der Waals surface area contributed by atoms with Gasteiger partial charge in [0.1, 0.15) is 5.75 Å². The third-order valence-electron chi connectivity index (χ3n) is 3.88. The van der Waals surface area contributed by atoms with Crippen LogP contribution in [-0.2, 0) is 6.42 Å². The van der Waals surface area contributed by atoms with Crippen LogP contribution in [-0.4, -0.2) is 6.61 Å². The van der Waals surface area contributed by atoms with E-state index in [9.17, 15) is 0 Å². The van der Waals surface area contributed by atoms with Gasteiger partial charge in [-0.25, -0.2) is 0 Å². The Hall–Kier alpha value is -1.26. The summed E-state index contributed by atoms with van der Waals surface area (Å²) in [5, 5.41) is 1.08. The number of hydrogen-bond donors (Lipinski definition) is 2. The van der Waals surface area contributed by atoms with Crippen molar-refractivity contribution in [3.05, 3.63) is 63.6 Å². The highest BCUT2D eigenvalue weighted by molar-refractivity contribution is 6.42. The molecule has 1 aliphatic heterocycles. The van der Waals surface area contributed by atoms with E-state index in [1.54, 1.807) is 6.07 Å². The van der Waals surface area contributed by atoms with Crippen molar-refractivity contribution in [1.29, 1.82) is 0 Å². The van der Waals surface area contributed by atoms with Crippen LogP contribution in [0.1, 0.15) is 17.2 Å². The van der Waals surface area contributed by atoms with Crippen molar-refractivity contribution in [2.24, 2.45) is 11.8 Å². The minimum atomic E-state index is -0.107. The van der Waals surface area contributed by atoms with Gasteiger partial charge in [0.2, 0.25) is 0 Å². The molecule has 0 aromatic heterocycles. The van der Waals surface area contributed by atoms with Gasteiger partial charge in [0.25, 0.3) is 0 Å². The first-order valence-electron chi connectivity index (χ1n) is 6.81. The number of hydrogen-bond acceptors (Lipinski definition) is 3. The summed E-state index contributed by atoms with van der Waals surface area (Å²) in [6.45, 7) is 0.592. The summed E-state index contributed by atoms with van der Waals surface area (Å²) in [4.78, 5) is 0. The van der Waals surface area contributed by atoms with E-state index in [2.05, 4.69) is 11.5 Å². The average molecular weight is 323 g/mol. The average Bonchev–Trinajstić information content (AvgIpc) is 2.52. The predicted octanol–water partition coefficient (Wildman–Crippen LogP) is 3.75. The molecule has 2 atom stereocenters. The lowest BCUT2D eigenvalue weighted by Crippen LogP contribution is -2.38. The molecule has 0 radical (unpaired) electrons. The molecule has 5 heteroatoms. The van der Waals surface area contributed by atoms with Gasteiger partial charge in [0.05, 0.1) is 22.7 Å². The van der Waals surface area contributed by atoms with Crippen molar-refractivity contribution >= 4 is 23.2 Å². The summed E-state index contributed by atoms with van der Waals surface area (Å²) in [5.74, 6) is 6.91. The largest absolute Gasteiger partial charge is 0.493 e. The molecular formula is C16H16Cl2N2O. The molecule has 0 saturated heterocycles. The van der Waals surface area contributed by atoms with Crippen LogP contribution in [0.2, 0.25) is 10.0 Å². The Bertz CT molecular complexity index is 648. The van der Waals surface area contributed by atoms with E-state index in [1.165, 1.54) is 5.56 Å². The van der Waals surface area contributed by atoms with E-state index < -0.39 is 0 Å². The van der Waals surface area contributed by atoms with E-state index in [0.29, 0.717) is 16.7 Å². The standard InChI is InChI=1S/C16H16Cl2N2O/c17-13-6-3-5-12(15(13)18)16(20-19)11-8-10-4-1-2-7-14(10)21-9-11/h1-7,11,16,20H,8-9,19H2. The fourth-order valence-electron chi connectivity index (χ4n) is 2.81. The van der Waals surface area contributed by atoms with E-state index in [4.69, 9.17) is 33.8 Å². The van der Waals surface area contributed by atoms with Gasteiger partial charge in [-0.1, -0.05) is 53.5 Å². The van der Waals surface area contributed by atoms with Gasteiger partial charge in [-0.15, -0.1) is 0 Å². The maximum Gasteiger partial charge on any atom is 0.122 e. The van der Waals surface area contributed by atoms with Gasteiger partial charge < -0.3 is 4.74 Å². The SMILES string of the molecule is NNC(c1cccc(Cl)c1Cl)C1COc2ccccc2C1. The first kappa shape index (κ1) is 14.7. The summed E-state index contributed by atoms with van der Waals surface area (Å²) >= 11 is 12.4. The van der Waals surface area contributed by atoms with Crippen molar-refractivity contribution in [2.45, 2.75) is 12.5 Å². The van der Waals surface area contributed by atoms with Gasteiger partial charge in [-0.05, 0) is 29.7 Å². The quantitative estimate of drug-likeness (QED) is 0.668. The molecule has 2 aromatic rings. The highest BCUT2D eigenvalue weighted by Gasteiger charge is 2.29. The number of rotatable bonds is 3. The zero-order valence-electron chi connectivity index (χ0n) is 11.4. The molecule has 0 fully saturated rings. The van der Waals surface area contributed by atoms with E-state index in [-0.39, 0.29) is 12.0 Å². The minimum Gasteiger partial charge on any atom is -0.493 e. The molecule has 3 nitrogen and oxygen atoms in total. The first-order valence-corrected chi connectivity index (χ1v) is 7.57. The van der Waals surface area contributed by atoms with E-state index in [1.807, 2.05) is 30.3 Å². The topological polar surface area (TPSA) is 47.3 Å². The smallest absolute Gasteiger partial charge is 0.122 e. The van der Waals surface area contributed by atoms with E-state index >= 15 is 0 Å². The summed E-state index contributed by atoms with van der Waals surface area (Å²) in [6.07, 6.45) is 0.883. The molecule has 3 rings (SSSR count). The lowest BCUT2D eigenvalue weighted by molar-refractivity contribution is 0.185. The van der Waals surface area contributed by atoms with Crippen molar-refractivity contribution in [2.75, 3.05) is 6.61 Å². The van der Waals surface area contributed by atoms with Crippen molar-refractivity contribution in [3.8, 4) is 5.75 Å². The molecule has 2 unspecified atom stereocenters. The molecule has 0 aliphatic carbocycles. The lowest BCUT2D eigenvalue weighted by Gasteiger charge is -2.32. The van der Waals surface area contributed by atoms with Crippen LogP contribution in [0.3, 0.4) is 0 Å². The second-order valence-corrected chi connectivity index (χ2v) is 5.96. The molecule has 1 aliphatic rings.